The number of rotatable bonds is 4. The maximum absolute atomic E-state index is 12.4. The van der Waals surface area contributed by atoms with Crippen molar-refractivity contribution in [1.29, 1.82) is 0 Å². The number of nitrogens with zero attached hydrogens (tertiary/aromatic N) is 2. The number of likely N-dealkylation sites (N-methyl/N-ethyl adjacent to an activating group) is 1. The summed E-state index contributed by atoms with van der Waals surface area (Å²) >= 11 is 11.6. The van der Waals surface area contributed by atoms with Gasteiger partial charge in [-0.2, -0.15) is 0 Å². The van der Waals surface area contributed by atoms with Gasteiger partial charge in [0.25, 0.3) is 5.91 Å². The smallest absolute Gasteiger partial charge is 0.329 e. The van der Waals surface area contributed by atoms with E-state index < -0.39 is 17.4 Å². The van der Waals surface area contributed by atoms with Crippen LogP contribution in [0.25, 0.3) is 0 Å². The molecule has 0 atom stereocenters. The molecule has 0 aliphatic rings. The summed E-state index contributed by atoms with van der Waals surface area (Å²) in [5, 5.41) is 9.45. The minimum absolute atomic E-state index is 0.122. The Morgan fingerprint density at radius 2 is 2.00 bits per heavy atom. The van der Waals surface area contributed by atoms with E-state index in [4.69, 9.17) is 23.2 Å². The molecular weight excluding hydrogens is 291 g/mol. The van der Waals surface area contributed by atoms with Gasteiger partial charge in [0.2, 0.25) is 0 Å². The third-order valence-corrected chi connectivity index (χ3v) is 3.32. The summed E-state index contributed by atoms with van der Waals surface area (Å²) in [5.41, 5.74) is -1.21. The van der Waals surface area contributed by atoms with E-state index in [2.05, 4.69) is 4.98 Å². The van der Waals surface area contributed by atoms with Gasteiger partial charge in [0.15, 0.2) is 0 Å². The highest BCUT2D eigenvalue weighted by Gasteiger charge is 2.37. The molecule has 0 saturated carbocycles. The molecule has 0 spiro atoms. The lowest BCUT2D eigenvalue weighted by Crippen LogP contribution is -2.53. The zero-order chi connectivity index (χ0) is 14.8. The number of amides is 1. The summed E-state index contributed by atoms with van der Waals surface area (Å²) < 4.78 is 0. The van der Waals surface area contributed by atoms with Gasteiger partial charge >= 0.3 is 5.97 Å². The van der Waals surface area contributed by atoms with Gasteiger partial charge < -0.3 is 10.0 Å². The lowest BCUT2D eigenvalue weighted by Gasteiger charge is -2.34. The van der Waals surface area contributed by atoms with Crippen LogP contribution in [-0.4, -0.2) is 39.0 Å². The maximum atomic E-state index is 12.4. The van der Waals surface area contributed by atoms with E-state index in [1.165, 1.54) is 31.0 Å². The van der Waals surface area contributed by atoms with Crippen molar-refractivity contribution in [3.8, 4) is 0 Å². The molecule has 0 fully saturated rings. The van der Waals surface area contributed by atoms with Crippen molar-refractivity contribution in [3.05, 3.63) is 28.0 Å². The van der Waals surface area contributed by atoms with Crippen molar-refractivity contribution in [3.63, 3.8) is 0 Å². The molecule has 0 aromatic carbocycles. The van der Waals surface area contributed by atoms with Crippen molar-refractivity contribution in [2.24, 2.45) is 0 Å². The highest BCUT2D eigenvalue weighted by atomic mass is 35.5. The predicted molar refractivity (Wildman–Crippen MR) is 72.7 cm³/mol. The molecule has 0 aliphatic carbocycles. The number of halogens is 2. The molecule has 5 nitrogen and oxygen atoms in total. The third kappa shape index (κ3) is 3.16. The van der Waals surface area contributed by atoms with E-state index in [9.17, 15) is 14.7 Å². The number of aliphatic carboxylic acids is 1. The summed E-state index contributed by atoms with van der Waals surface area (Å²) in [6.45, 7) is 4.83. The Balaban J connectivity index is 3.23. The second-order valence-corrected chi connectivity index (χ2v) is 5.19. The Kier molecular flexibility index (Phi) is 4.76. The minimum atomic E-state index is -1.34. The molecule has 0 saturated heterocycles. The average Bonchev–Trinajstić information content (AvgIpc) is 2.32. The first-order valence-corrected chi connectivity index (χ1v) is 6.33. The minimum Gasteiger partial charge on any atom is -0.480 e. The summed E-state index contributed by atoms with van der Waals surface area (Å²) in [6, 6.07) is 1.33. The number of pyridine rings is 1. The van der Waals surface area contributed by atoms with Crippen LogP contribution >= 0.6 is 23.2 Å². The lowest BCUT2D eigenvalue weighted by molar-refractivity contribution is -0.147. The number of aromatic nitrogens is 1. The molecule has 1 N–H and O–H groups in total. The molecule has 104 valence electrons. The van der Waals surface area contributed by atoms with Crippen LogP contribution in [0.2, 0.25) is 10.2 Å². The fourth-order valence-electron chi connectivity index (χ4n) is 1.63. The Hall–Kier alpha value is -1.33. The Bertz CT molecular complexity index is 518. The van der Waals surface area contributed by atoms with Crippen LogP contribution in [-0.2, 0) is 4.79 Å². The number of hydrogen-bond donors (Lipinski definition) is 1. The normalized spacial score (nSPS) is 11.2. The third-order valence-electron chi connectivity index (χ3n) is 2.81. The topological polar surface area (TPSA) is 70.5 Å². The van der Waals surface area contributed by atoms with E-state index in [0.29, 0.717) is 0 Å². The van der Waals surface area contributed by atoms with Crippen molar-refractivity contribution in [2.75, 3.05) is 6.54 Å². The Labute approximate surface area is 121 Å². The molecule has 1 rings (SSSR count). The van der Waals surface area contributed by atoms with Gasteiger partial charge in [-0.05, 0) is 26.8 Å². The summed E-state index contributed by atoms with van der Waals surface area (Å²) in [5.74, 6) is -1.59. The summed E-state index contributed by atoms with van der Waals surface area (Å²) in [6.07, 6.45) is 1.26. The van der Waals surface area contributed by atoms with Crippen LogP contribution in [0.4, 0.5) is 0 Å². The van der Waals surface area contributed by atoms with Gasteiger partial charge in [0.05, 0.1) is 10.6 Å². The monoisotopic (exact) mass is 304 g/mol. The van der Waals surface area contributed by atoms with E-state index >= 15 is 0 Å². The van der Waals surface area contributed by atoms with Crippen LogP contribution < -0.4 is 0 Å². The zero-order valence-electron chi connectivity index (χ0n) is 10.8. The Morgan fingerprint density at radius 3 is 2.47 bits per heavy atom. The van der Waals surface area contributed by atoms with E-state index in [0.717, 1.165) is 0 Å². The first-order valence-electron chi connectivity index (χ1n) is 5.58. The van der Waals surface area contributed by atoms with Gasteiger partial charge in [0.1, 0.15) is 10.7 Å². The Morgan fingerprint density at radius 1 is 1.42 bits per heavy atom. The number of carboxylic acids is 1. The predicted octanol–water partition coefficient (Wildman–Crippen LogP) is 2.71. The second kappa shape index (κ2) is 5.75. The van der Waals surface area contributed by atoms with Gasteiger partial charge in [-0.25, -0.2) is 9.78 Å². The van der Waals surface area contributed by atoms with E-state index in [1.54, 1.807) is 6.92 Å². The molecule has 7 heteroatoms. The SMILES string of the molecule is CCN(C(=O)c1cc(Cl)ncc1Cl)C(C)(C)C(=O)O. The fourth-order valence-corrected chi connectivity index (χ4v) is 1.97. The van der Waals surface area contributed by atoms with Crippen LogP contribution in [0.1, 0.15) is 31.1 Å². The quantitative estimate of drug-likeness (QED) is 0.868. The van der Waals surface area contributed by atoms with Gasteiger partial charge in [-0.15, -0.1) is 0 Å². The fraction of sp³-hybridized carbons (Fsp3) is 0.417. The highest BCUT2D eigenvalue weighted by Crippen LogP contribution is 2.24. The molecule has 0 radical (unpaired) electrons. The van der Waals surface area contributed by atoms with Gasteiger partial charge in [-0.1, -0.05) is 23.2 Å². The van der Waals surface area contributed by atoms with Crippen molar-refractivity contribution in [2.45, 2.75) is 26.3 Å². The van der Waals surface area contributed by atoms with Crippen LogP contribution in [0.15, 0.2) is 12.3 Å². The molecule has 1 aromatic rings. The number of carbonyl (C=O) groups is 2. The molecule has 1 aromatic heterocycles. The summed E-state index contributed by atoms with van der Waals surface area (Å²) in [7, 11) is 0. The van der Waals surface area contributed by atoms with Gasteiger partial charge in [-0.3, -0.25) is 4.79 Å². The number of hydrogen-bond acceptors (Lipinski definition) is 3. The summed E-state index contributed by atoms with van der Waals surface area (Å²) in [4.78, 5) is 28.6. The molecule has 0 bridgehead atoms. The lowest BCUT2D eigenvalue weighted by atomic mass is 10.0. The van der Waals surface area contributed by atoms with Crippen molar-refractivity contribution >= 4 is 35.1 Å². The first kappa shape index (κ1) is 15.7. The van der Waals surface area contributed by atoms with Crippen LogP contribution in [0.5, 0.6) is 0 Å². The first-order chi connectivity index (χ1) is 8.71. The van der Waals surface area contributed by atoms with Crippen molar-refractivity contribution < 1.29 is 14.7 Å². The largest absolute Gasteiger partial charge is 0.480 e. The van der Waals surface area contributed by atoms with Crippen LogP contribution in [0, 0.1) is 0 Å². The number of carboxylic acid groups (broad SMARTS) is 1. The van der Waals surface area contributed by atoms with Crippen LogP contribution in [0.3, 0.4) is 0 Å². The molecule has 0 aliphatic heterocycles. The molecule has 1 heterocycles. The molecule has 19 heavy (non-hydrogen) atoms. The highest BCUT2D eigenvalue weighted by molar-refractivity contribution is 6.35. The average molecular weight is 305 g/mol. The van der Waals surface area contributed by atoms with Gasteiger partial charge in [0, 0.05) is 12.7 Å². The molecule has 1 amide bonds. The van der Waals surface area contributed by atoms with E-state index in [-0.39, 0.29) is 22.3 Å². The number of carbonyl (C=O) groups excluding carboxylic acids is 1. The van der Waals surface area contributed by atoms with Crippen molar-refractivity contribution in [1.82, 2.24) is 9.88 Å². The van der Waals surface area contributed by atoms with E-state index in [1.807, 2.05) is 0 Å². The molecule has 0 unspecified atom stereocenters. The zero-order valence-corrected chi connectivity index (χ0v) is 12.3. The standard InChI is InChI=1S/C12H14Cl2N2O3/c1-4-16(12(2,3)11(18)19)10(17)7-5-9(14)15-6-8(7)13/h5-6H,4H2,1-3H3,(H,18,19). The molecular formula is C12H14Cl2N2O3. The second-order valence-electron chi connectivity index (χ2n) is 4.40. The maximum Gasteiger partial charge on any atom is 0.329 e.